The molecule has 1 N–H and O–H groups in total. The van der Waals surface area contributed by atoms with Crippen LogP contribution in [0.5, 0.6) is 0 Å². The van der Waals surface area contributed by atoms with E-state index in [2.05, 4.69) is 28.3 Å². The Labute approximate surface area is 173 Å². The standard InChI is InChI=1S/C23H34N4O2/c1-17(21-8-7-18(2)29-21)10-14-26-15-11-20(12-16-26)27-22(9-13-24-27)25-23(28)19-5-3-4-6-19/h7-9,13,17,19-20H,3-6,10-12,14-16H2,1-2H3,(H,25,28)/t17-/m0/s1. The molecule has 3 heterocycles. The summed E-state index contributed by atoms with van der Waals surface area (Å²) < 4.78 is 7.81. The molecule has 29 heavy (non-hydrogen) atoms. The van der Waals surface area contributed by atoms with Gasteiger partial charge < -0.3 is 14.6 Å². The quantitative estimate of drug-likeness (QED) is 0.731. The maximum absolute atomic E-state index is 12.5. The molecule has 0 bridgehead atoms. The number of nitrogens with zero attached hydrogens (tertiary/aromatic N) is 3. The molecule has 1 atom stereocenters. The van der Waals surface area contributed by atoms with Crippen molar-refractivity contribution in [1.29, 1.82) is 0 Å². The highest BCUT2D eigenvalue weighted by atomic mass is 16.3. The lowest BCUT2D eigenvalue weighted by Gasteiger charge is -2.33. The minimum absolute atomic E-state index is 0.170. The zero-order valence-electron chi connectivity index (χ0n) is 17.8. The molecule has 1 saturated heterocycles. The Kier molecular flexibility index (Phi) is 6.38. The minimum atomic E-state index is 0.170. The molecule has 0 radical (unpaired) electrons. The molecule has 2 aliphatic rings. The molecule has 4 rings (SSSR count). The number of piperidine rings is 1. The molecule has 1 aliphatic heterocycles. The van der Waals surface area contributed by atoms with E-state index in [9.17, 15) is 4.79 Å². The molecule has 1 saturated carbocycles. The van der Waals surface area contributed by atoms with Crippen molar-refractivity contribution >= 4 is 11.7 Å². The highest BCUT2D eigenvalue weighted by molar-refractivity contribution is 5.91. The summed E-state index contributed by atoms with van der Waals surface area (Å²) in [7, 11) is 0. The molecule has 0 unspecified atom stereocenters. The van der Waals surface area contributed by atoms with Gasteiger partial charge in [0, 0.05) is 31.0 Å². The normalized spacial score (nSPS) is 20.2. The van der Waals surface area contributed by atoms with Crippen LogP contribution in [0.3, 0.4) is 0 Å². The van der Waals surface area contributed by atoms with Gasteiger partial charge in [-0.25, -0.2) is 4.68 Å². The van der Waals surface area contributed by atoms with E-state index in [0.717, 1.165) is 69.1 Å². The number of aryl methyl sites for hydroxylation is 1. The first-order valence-electron chi connectivity index (χ1n) is 11.2. The van der Waals surface area contributed by atoms with Gasteiger partial charge in [0.25, 0.3) is 0 Å². The molecule has 6 heteroatoms. The summed E-state index contributed by atoms with van der Waals surface area (Å²) in [5, 5.41) is 7.67. The first-order valence-corrected chi connectivity index (χ1v) is 11.2. The van der Waals surface area contributed by atoms with Gasteiger partial charge in [0.15, 0.2) is 0 Å². The average Bonchev–Trinajstić information content (AvgIpc) is 3.48. The van der Waals surface area contributed by atoms with Gasteiger partial charge in [0.2, 0.25) is 5.91 Å². The molecule has 2 fully saturated rings. The van der Waals surface area contributed by atoms with Crippen LogP contribution in [0.4, 0.5) is 5.82 Å². The van der Waals surface area contributed by atoms with Gasteiger partial charge in [0.05, 0.1) is 12.2 Å². The third-order valence-electron chi connectivity index (χ3n) is 6.68. The van der Waals surface area contributed by atoms with Crippen LogP contribution in [0.1, 0.15) is 75.3 Å². The summed E-state index contributed by atoms with van der Waals surface area (Å²) in [6, 6.07) is 6.45. The molecule has 2 aromatic rings. The highest BCUT2D eigenvalue weighted by Crippen LogP contribution is 2.29. The molecule has 2 aromatic heterocycles. The second kappa shape index (κ2) is 9.16. The first kappa shape index (κ1) is 20.2. The number of rotatable bonds is 7. The van der Waals surface area contributed by atoms with E-state index in [-0.39, 0.29) is 11.8 Å². The van der Waals surface area contributed by atoms with Crippen LogP contribution in [0.25, 0.3) is 0 Å². The van der Waals surface area contributed by atoms with Crippen molar-refractivity contribution in [2.45, 2.75) is 70.8 Å². The lowest BCUT2D eigenvalue weighted by Crippen LogP contribution is -2.36. The van der Waals surface area contributed by atoms with Crippen molar-refractivity contribution in [3.8, 4) is 0 Å². The van der Waals surface area contributed by atoms with Crippen LogP contribution in [0, 0.1) is 12.8 Å². The minimum Gasteiger partial charge on any atom is -0.466 e. The van der Waals surface area contributed by atoms with E-state index < -0.39 is 0 Å². The van der Waals surface area contributed by atoms with E-state index in [1.807, 2.05) is 29.9 Å². The SMILES string of the molecule is Cc1ccc([C@@H](C)CCN2CCC(n3nccc3NC(=O)C3CCCC3)CC2)o1. The Balaban J connectivity index is 1.25. The lowest BCUT2D eigenvalue weighted by molar-refractivity contribution is -0.119. The maximum Gasteiger partial charge on any atom is 0.228 e. The number of likely N-dealkylation sites (tertiary alicyclic amines) is 1. The van der Waals surface area contributed by atoms with Gasteiger partial charge in [-0.2, -0.15) is 5.10 Å². The fourth-order valence-electron chi connectivity index (χ4n) is 4.74. The molecular formula is C23H34N4O2. The second-order valence-electron chi connectivity index (χ2n) is 8.84. The zero-order chi connectivity index (χ0) is 20.2. The second-order valence-corrected chi connectivity index (χ2v) is 8.84. The number of carbonyl (C=O) groups is 1. The van der Waals surface area contributed by atoms with Crippen LogP contribution >= 0.6 is 0 Å². The van der Waals surface area contributed by atoms with Gasteiger partial charge in [0.1, 0.15) is 17.3 Å². The topological polar surface area (TPSA) is 63.3 Å². The Hall–Kier alpha value is -2.08. The molecule has 1 amide bonds. The predicted molar refractivity (Wildman–Crippen MR) is 114 cm³/mol. The van der Waals surface area contributed by atoms with Crippen molar-refractivity contribution < 1.29 is 9.21 Å². The number of hydrogen-bond acceptors (Lipinski definition) is 4. The van der Waals surface area contributed by atoms with Crippen LogP contribution in [-0.4, -0.2) is 40.2 Å². The Morgan fingerprint density at radius 1 is 1.21 bits per heavy atom. The summed E-state index contributed by atoms with van der Waals surface area (Å²) in [6.07, 6.45) is 9.46. The van der Waals surface area contributed by atoms with Crippen LogP contribution < -0.4 is 5.32 Å². The summed E-state index contributed by atoms with van der Waals surface area (Å²) in [6.45, 7) is 7.49. The largest absolute Gasteiger partial charge is 0.466 e. The summed E-state index contributed by atoms with van der Waals surface area (Å²) in [5.41, 5.74) is 0. The van der Waals surface area contributed by atoms with Crippen LogP contribution in [0.2, 0.25) is 0 Å². The number of amides is 1. The molecule has 0 aromatic carbocycles. The fraction of sp³-hybridized carbons (Fsp3) is 0.652. The number of anilines is 1. The Bertz CT molecular complexity index is 797. The number of aromatic nitrogens is 2. The van der Waals surface area contributed by atoms with E-state index >= 15 is 0 Å². The van der Waals surface area contributed by atoms with E-state index in [1.54, 1.807) is 0 Å². The van der Waals surface area contributed by atoms with Crippen LogP contribution in [-0.2, 0) is 4.79 Å². The van der Waals surface area contributed by atoms with Crippen molar-refractivity contribution in [1.82, 2.24) is 14.7 Å². The fourth-order valence-corrected chi connectivity index (χ4v) is 4.74. The van der Waals surface area contributed by atoms with Crippen molar-refractivity contribution in [2.24, 2.45) is 5.92 Å². The average molecular weight is 399 g/mol. The predicted octanol–water partition coefficient (Wildman–Crippen LogP) is 4.74. The molecule has 6 nitrogen and oxygen atoms in total. The van der Waals surface area contributed by atoms with Crippen molar-refractivity contribution in [3.63, 3.8) is 0 Å². The van der Waals surface area contributed by atoms with Gasteiger partial charge in [-0.3, -0.25) is 4.79 Å². The Morgan fingerprint density at radius 2 is 1.97 bits per heavy atom. The summed E-state index contributed by atoms with van der Waals surface area (Å²) in [5.74, 6) is 3.75. The van der Waals surface area contributed by atoms with Gasteiger partial charge in [-0.1, -0.05) is 19.8 Å². The molecular weight excluding hydrogens is 364 g/mol. The van der Waals surface area contributed by atoms with Gasteiger partial charge in [-0.15, -0.1) is 0 Å². The van der Waals surface area contributed by atoms with E-state index in [0.29, 0.717) is 12.0 Å². The van der Waals surface area contributed by atoms with E-state index in [1.165, 1.54) is 12.8 Å². The van der Waals surface area contributed by atoms with Crippen LogP contribution in [0.15, 0.2) is 28.8 Å². The Morgan fingerprint density at radius 3 is 2.66 bits per heavy atom. The lowest BCUT2D eigenvalue weighted by atomic mass is 10.0. The third-order valence-corrected chi connectivity index (χ3v) is 6.68. The smallest absolute Gasteiger partial charge is 0.228 e. The monoisotopic (exact) mass is 398 g/mol. The number of hydrogen-bond donors (Lipinski definition) is 1. The summed E-state index contributed by atoms with van der Waals surface area (Å²) >= 11 is 0. The number of carbonyl (C=O) groups excluding carboxylic acids is 1. The van der Waals surface area contributed by atoms with Crippen molar-refractivity contribution in [2.75, 3.05) is 25.0 Å². The highest BCUT2D eigenvalue weighted by Gasteiger charge is 2.26. The number of furan rings is 1. The van der Waals surface area contributed by atoms with Gasteiger partial charge >= 0.3 is 0 Å². The van der Waals surface area contributed by atoms with Gasteiger partial charge in [-0.05, 0) is 57.7 Å². The molecule has 0 spiro atoms. The molecule has 1 aliphatic carbocycles. The molecule has 158 valence electrons. The van der Waals surface area contributed by atoms with Crippen molar-refractivity contribution in [3.05, 3.63) is 35.9 Å². The summed E-state index contributed by atoms with van der Waals surface area (Å²) in [4.78, 5) is 15.0. The number of nitrogens with one attached hydrogen (secondary N) is 1. The maximum atomic E-state index is 12.5. The third kappa shape index (κ3) is 4.92. The zero-order valence-corrected chi connectivity index (χ0v) is 17.8. The van der Waals surface area contributed by atoms with E-state index in [4.69, 9.17) is 4.42 Å². The first-order chi connectivity index (χ1) is 14.1.